The summed E-state index contributed by atoms with van der Waals surface area (Å²) in [6.45, 7) is 4.81. The lowest BCUT2D eigenvalue weighted by atomic mass is 9.81. The van der Waals surface area contributed by atoms with Gasteiger partial charge < -0.3 is 18.9 Å². The molecule has 3 aliphatic heterocycles. The third-order valence-electron chi connectivity index (χ3n) is 11.8. The van der Waals surface area contributed by atoms with E-state index in [-0.39, 0.29) is 23.9 Å². The van der Waals surface area contributed by atoms with Gasteiger partial charge in [-0.05, 0) is 99.7 Å². The van der Waals surface area contributed by atoms with Gasteiger partial charge in [-0.1, -0.05) is 25.3 Å². The highest BCUT2D eigenvalue weighted by molar-refractivity contribution is 7.90. The standard InChI is InChI=1S/C37H45N3O6S/c1-22(2)47(43,44)38-35(41)24-12-14-29-32(16-24)39-21-37(36(42)40-25-10-7-11-26(40)20-46-19-25)18-31(37)30-17-27(45-3)13-15-28(30)34(39)33(29)23-8-5-4-6-9-23/h12-17,22-23,25-26,31H,4-11,18-21H2,1-3H3,(H,38,41)/t25-,26+,31?,37?. The smallest absolute Gasteiger partial charge is 0.264 e. The number of morpholine rings is 1. The van der Waals surface area contributed by atoms with Gasteiger partial charge in [0.1, 0.15) is 5.75 Å². The SMILES string of the molecule is COc1ccc2c(c1)C1CC1(C(=O)N1[C@@H]3CCC[C@H]1COC3)Cn1c-2c(C2CCCCC2)c2ccc(C(=O)NS(=O)(=O)C(C)C)cc21. The van der Waals surface area contributed by atoms with Gasteiger partial charge in [-0.25, -0.2) is 13.1 Å². The predicted octanol–water partition coefficient (Wildman–Crippen LogP) is 6.10. The Labute approximate surface area is 277 Å². The molecule has 2 aliphatic carbocycles. The van der Waals surface area contributed by atoms with Crippen molar-refractivity contribution in [1.82, 2.24) is 14.2 Å². The Morgan fingerprint density at radius 3 is 2.43 bits per heavy atom. The number of rotatable bonds is 6. The lowest BCUT2D eigenvalue weighted by molar-refractivity contribution is -0.157. The molecule has 9 nitrogen and oxygen atoms in total. The molecule has 2 aromatic carbocycles. The number of nitrogens with zero attached hydrogens (tertiary/aromatic N) is 2. The molecule has 2 bridgehead atoms. The molecule has 2 amide bonds. The molecule has 1 aromatic heterocycles. The molecule has 8 rings (SSSR count). The van der Waals surface area contributed by atoms with Crippen LogP contribution in [0.25, 0.3) is 22.2 Å². The molecule has 2 saturated carbocycles. The van der Waals surface area contributed by atoms with E-state index in [4.69, 9.17) is 9.47 Å². The molecule has 4 atom stereocenters. The quantitative estimate of drug-likeness (QED) is 0.343. The van der Waals surface area contributed by atoms with Crippen LogP contribution in [-0.4, -0.2) is 67.4 Å². The van der Waals surface area contributed by atoms with Crippen molar-refractivity contribution in [2.75, 3.05) is 20.3 Å². The number of fused-ring (bicyclic) bond motifs is 9. The first-order valence-corrected chi connectivity index (χ1v) is 19.0. The van der Waals surface area contributed by atoms with Crippen LogP contribution >= 0.6 is 0 Å². The first-order valence-electron chi connectivity index (χ1n) is 17.4. The maximum atomic E-state index is 15.0. The normalized spacial score (nSPS) is 27.1. The summed E-state index contributed by atoms with van der Waals surface area (Å²) in [7, 11) is -2.11. The summed E-state index contributed by atoms with van der Waals surface area (Å²) in [5.74, 6) is 0.790. The van der Waals surface area contributed by atoms with Gasteiger partial charge in [0.25, 0.3) is 5.91 Å². The summed E-state index contributed by atoms with van der Waals surface area (Å²) < 4.78 is 41.6. The summed E-state index contributed by atoms with van der Waals surface area (Å²) >= 11 is 0. The van der Waals surface area contributed by atoms with Crippen molar-refractivity contribution in [3.05, 3.63) is 53.1 Å². The van der Waals surface area contributed by atoms with Crippen LogP contribution in [0.15, 0.2) is 36.4 Å². The Morgan fingerprint density at radius 2 is 1.72 bits per heavy atom. The highest BCUT2D eigenvalue weighted by Crippen LogP contribution is 2.66. The van der Waals surface area contributed by atoms with Crippen molar-refractivity contribution < 1.29 is 27.5 Å². The highest BCUT2D eigenvalue weighted by atomic mass is 32.2. The van der Waals surface area contributed by atoms with Crippen LogP contribution in [0, 0.1) is 5.41 Å². The van der Waals surface area contributed by atoms with Crippen molar-refractivity contribution in [2.24, 2.45) is 5.41 Å². The Bertz CT molecular complexity index is 1850. The van der Waals surface area contributed by atoms with Crippen LogP contribution in [0.4, 0.5) is 0 Å². The van der Waals surface area contributed by atoms with Crippen molar-refractivity contribution in [3.8, 4) is 17.0 Å². The molecule has 0 spiro atoms. The third kappa shape index (κ3) is 4.92. The van der Waals surface area contributed by atoms with E-state index in [1.165, 1.54) is 24.8 Å². The van der Waals surface area contributed by atoms with Crippen molar-refractivity contribution in [1.29, 1.82) is 0 Å². The Hall–Kier alpha value is -3.37. The zero-order valence-electron chi connectivity index (χ0n) is 27.6. The largest absolute Gasteiger partial charge is 0.497 e. The minimum atomic E-state index is -3.80. The van der Waals surface area contributed by atoms with E-state index in [0.29, 0.717) is 31.2 Å². The van der Waals surface area contributed by atoms with Crippen molar-refractivity contribution >= 4 is 32.7 Å². The second-order valence-corrected chi connectivity index (χ2v) is 17.0. The first kappa shape index (κ1) is 30.9. The highest BCUT2D eigenvalue weighted by Gasteiger charge is 2.65. The number of nitrogens with one attached hydrogen (secondary N) is 1. The van der Waals surface area contributed by atoms with Gasteiger partial charge >= 0.3 is 0 Å². The number of sulfonamides is 1. The average Bonchev–Trinajstić information content (AvgIpc) is 3.73. The van der Waals surface area contributed by atoms with Gasteiger partial charge in [0.05, 0.1) is 48.8 Å². The van der Waals surface area contributed by atoms with E-state index in [9.17, 15) is 18.0 Å². The van der Waals surface area contributed by atoms with E-state index in [0.717, 1.165) is 72.0 Å². The minimum Gasteiger partial charge on any atom is -0.497 e. The van der Waals surface area contributed by atoms with Crippen LogP contribution in [0.1, 0.15) is 105 Å². The second kappa shape index (κ2) is 11.4. The van der Waals surface area contributed by atoms with E-state index in [1.807, 2.05) is 18.2 Å². The molecule has 1 N–H and O–H groups in total. The van der Waals surface area contributed by atoms with Crippen LogP contribution in [-0.2, 0) is 26.1 Å². The number of hydrogen-bond acceptors (Lipinski definition) is 6. The molecule has 2 saturated heterocycles. The number of aromatic nitrogens is 1. The second-order valence-electron chi connectivity index (χ2n) is 14.8. The fourth-order valence-electron chi connectivity index (χ4n) is 9.15. The van der Waals surface area contributed by atoms with Crippen LogP contribution in [0.5, 0.6) is 5.75 Å². The number of methoxy groups -OCH3 is 1. The van der Waals surface area contributed by atoms with Gasteiger partial charge in [-0.15, -0.1) is 0 Å². The Kier molecular flexibility index (Phi) is 7.48. The topological polar surface area (TPSA) is 107 Å². The van der Waals surface area contributed by atoms with E-state index in [2.05, 4.69) is 26.3 Å². The summed E-state index contributed by atoms with van der Waals surface area (Å²) in [4.78, 5) is 30.6. The fraction of sp³-hybridized carbons (Fsp3) is 0.568. The molecule has 3 aromatic rings. The molecule has 4 heterocycles. The maximum absolute atomic E-state index is 15.0. The number of carbonyl (C=O) groups excluding carboxylic acids is 2. The molecular formula is C37H45N3O6S. The van der Waals surface area contributed by atoms with Gasteiger partial charge in [-0.2, -0.15) is 0 Å². The van der Waals surface area contributed by atoms with Gasteiger partial charge in [0.2, 0.25) is 15.9 Å². The van der Waals surface area contributed by atoms with Crippen molar-refractivity contribution in [3.63, 3.8) is 0 Å². The number of carbonyl (C=O) groups is 2. The molecule has 4 fully saturated rings. The molecule has 47 heavy (non-hydrogen) atoms. The number of ether oxygens (including phenoxy) is 2. The Morgan fingerprint density at radius 1 is 0.979 bits per heavy atom. The van der Waals surface area contributed by atoms with E-state index in [1.54, 1.807) is 27.0 Å². The van der Waals surface area contributed by atoms with Crippen LogP contribution in [0.2, 0.25) is 0 Å². The molecule has 0 radical (unpaired) electrons. The summed E-state index contributed by atoms with van der Waals surface area (Å²) in [5, 5.41) is 0.352. The lowest BCUT2D eigenvalue weighted by Crippen LogP contribution is -2.59. The number of piperidine rings is 1. The third-order valence-corrected chi connectivity index (χ3v) is 13.5. The number of amides is 2. The van der Waals surface area contributed by atoms with Crippen molar-refractivity contribution in [2.45, 2.75) is 107 Å². The monoisotopic (exact) mass is 659 g/mol. The van der Waals surface area contributed by atoms with E-state index >= 15 is 0 Å². The van der Waals surface area contributed by atoms with Gasteiger partial charge in [-0.3, -0.25) is 9.59 Å². The molecule has 5 aliphatic rings. The molecule has 2 unspecified atom stereocenters. The molecule has 10 heteroatoms. The minimum absolute atomic E-state index is 0.0560. The number of benzene rings is 2. The molecule has 250 valence electrons. The average molecular weight is 660 g/mol. The van der Waals surface area contributed by atoms with Gasteiger partial charge in [0, 0.05) is 34.5 Å². The summed E-state index contributed by atoms with van der Waals surface area (Å²) in [5.41, 5.74) is 5.29. The lowest BCUT2D eigenvalue weighted by Gasteiger charge is -2.47. The van der Waals surface area contributed by atoms with Crippen LogP contribution < -0.4 is 9.46 Å². The van der Waals surface area contributed by atoms with E-state index < -0.39 is 26.6 Å². The zero-order valence-corrected chi connectivity index (χ0v) is 28.4. The molecular weight excluding hydrogens is 614 g/mol. The predicted molar refractivity (Wildman–Crippen MR) is 180 cm³/mol. The fourth-order valence-corrected chi connectivity index (χ4v) is 9.76. The zero-order chi connectivity index (χ0) is 32.7. The maximum Gasteiger partial charge on any atom is 0.264 e. The summed E-state index contributed by atoms with van der Waals surface area (Å²) in [6, 6.07) is 12.1. The number of hydrogen-bond donors (Lipinski definition) is 1. The van der Waals surface area contributed by atoms with Crippen LogP contribution in [0.3, 0.4) is 0 Å². The summed E-state index contributed by atoms with van der Waals surface area (Å²) in [6.07, 6.45) is 9.57. The van der Waals surface area contributed by atoms with Gasteiger partial charge in [0.15, 0.2) is 0 Å². The Balaban J connectivity index is 1.33. The first-order chi connectivity index (χ1) is 22.6.